The summed E-state index contributed by atoms with van der Waals surface area (Å²) in [7, 11) is 1.94. The lowest BCUT2D eigenvalue weighted by molar-refractivity contribution is 0.476. The Bertz CT molecular complexity index is 520. The number of rotatable bonds is 5. The van der Waals surface area contributed by atoms with Gasteiger partial charge in [0.15, 0.2) is 5.75 Å². The molecule has 1 aromatic heterocycles. The minimum atomic E-state index is 0.779. The molecule has 2 rings (SSSR count). The zero-order valence-electron chi connectivity index (χ0n) is 11.1. The first kappa shape index (κ1) is 12.6. The van der Waals surface area contributed by atoms with E-state index in [0.717, 1.165) is 30.2 Å². The van der Waals surface area contributed by atoms with Crippen LogP contribution in [-0.4, -0.2) is 16.8 Å². The van der Waals surface area contributed by atoms with Gasteiger partial charge < -0.3 is 10.1 Å². The highest BCUT2D eigenvalue weighted by Crippen LogP contribution is 2.25. The van der Waals surface area contributed by atoms with E-state index in [1.165, 1.54) is 5.56 Å². The van der Waals surface area contributed by atoms with Gasteiger partial charge in [-0.1, -0.05) is 12.1 Å². The van der Waals surface area contributed by atoms with Crippen LogP contribution in [0.5, 0.6) is 11.5 Å². The van der Waals surface area contributed by atoms with Crippen LogP contribution in [0.15, 0.2) is 30.6 Å². The highest BCUT2D eigenvalue weighted by molar-refractivity contribution is 5.39. The molecule has 1 heterocycles. The molecule has 96 valence electrons. The molecule has 0 bridgehead atoms. The van der Waals surface area contributed by atoms with Gasteiger partial charge in [0.05, 0.1) is 12.4 Å². The molecule has 0 fully saturated rings. The Balaban J connectivity index is 2.19. The molecule has 18 heavy (non-hydrogen) atoms. The third-order valence-corrected chi connectivity index (χ3v) is 2.79. The van der Waals surface area contributed by atoms with Crippen LogP contribution in [0.1, 0.15) is 18.1 Å². The van der Waals surface area contributed by atoms with Gasteiger partial charge >= 0.3 is 0 Å². The molecular weight excluding hydrogens is 226 g/mol. The zero-order valence-corrected chi connectivity index (χ0v) is 11.1. The van der Waals surface area contributed by atoms with E-state index in [9.17, 15) is 0 Å². The van der Waals surface area contributed by atoms with E-state index in [2.05, 4.69) is 35.5 Å². The van der Waals surface area contributed by atoms with E-state index < -0.39 is 0 Å². The summed E-state index contributed by atoms with van der Waals surface area (Å²) in [4.78, 5) is 0. The molecule has 0 aliphatic heterocycles. The van der Waals surface area contributed by atoms with Crippen molar-refractivity contribution in [3.8, 4) is 11.5 Å². The fourth-order valence-corrected chi connectivity index (χ4v) is 1.77. The molecule has 0 saturated heterocycles. The SMILES string of the molecule is CCn1cc(Oc2cc(CNC)ccc2C)cn1. The predicted molar refractivity (Wildman–Crippen MR) is 71.9 cm³/mol. The molecule has 0 spiro atoms. The van der Waals surface area contributed by atoms with Crippen molar-refractivity contribution in [3.05, 3.63) is 41.7 Å². The Hall–Kier alpha value is -1.81. The molecule has 0 unspecified atom stereocenters. The minimum Gasteiger partial charge on any atom is -0.454 e. The van der Waals surface area contributed by atoms with Gasteiger partial charge in [0, 0.05) is 13.1 Å². The zero-order chi connectivity index (χ0) is 13.0. The summed E-state index contributed by atoms with van der Waals surface area (Å²) in [6, 6.07) is 6.25. The Kier molecular flexibility index (Phi) is 3.99. The van der Waals surface area contributed by atoms with E-state index in [1.54, 1.807) is 6.20 Å². The summed E-state index contributed by atoms with van der Waals surface area (Å²) in [5.74, 6) is 1.67. The van der Waals surface area contributed by atoms with Crippen LogP contribution in [0.2, 0.25) is 0 Å². The maximum absolute atomic E-state index is 5.87. The van der Waals surface area contributed by atoms with Crippen LogP contribution < -0.4 is 10.1 Å². The Morgan fingerprint density at radius 1 is 1.39 bits per heavy atom. The van der Waals surface area contributed by atoms with Gasteiger partial charge in [0.1, 0.15) is 5.75 Å². The average molecular weight is 245 g/mol. The maximum atomic E-state index is 5.87. The standard InChI is InChI=1S/C14H19N3O/c1-4-17-10-13(9-16-17)18-14-7-12(8-15-3)6-5-11(14)2/h5-7,9-10,15H,4,8H2,1-3H3. The third-order valence-electron chi connectivity index (χ3n) is 2.79. The third kappa shape index (κ3) is 2.90. The number of aromatic nitrogens is 2. The van der Waals surface area contributed by atoms with Crippen molar-refractivity contribution in [3.63, 3.8) is 0 Å². The van der Waals surface area contributed by atoms with E-state index >= 15 is 0 Å². The van der Waals surface area contributed by atoms with E-state index in [1.807, 2.05) is 24.9 Å². The van der Waals surface area contributed by atoms with E-state index in [-0.39, 0.29) is 0 Å². The van der Waals surface area contributed by atoms with Gasteiger partial charge in [-0.2, -0.15) is 5.10 Å². The largest absolute Gasteiger partial charge is 0.454 e. The van der Waals surface area contributed by atoms with Crippen LogP contribution in [-0.2, 0) is 13.1 Å². The second kappa shape index (κ2) is 5.69. The molecule has 0 saturated carbocycles. The molecule has 0 amide bonds. The smallest absolute Gasteiger partial charge is 0.165 e. The lowest BCUT2D eigenvalue weighted by Crippen LogP contribution is -2.05. The van der Waals surface area contributed by atoms with Crippen LogP contribution in [0.3, 0.4) is 0 Å². The number of ether oxygens (including phenoxy) is 1. The number of aryl methyl sites for hydroxylation is 2. The molecule has 4 heteroatoms. The van der Waals surface area contributed by atoms with Gasteiger partial charge in [-0.15, -0.1) is 0 Å². The Labute approximate surface area is 108 Å². The summed E-state index contributed by atoms with van der Waals surface area (Å²) >= 11 is 0. The summed E-state index contributed by atoms with van der Waals surface area (Å²) in [5.41, 5.74) is 2.33. The van der Waals surface area contributed by atoms with Crippen LogP contribution in [0.25, 0.3) is 0 Å². The lowest BCUT2D eigenvalue weighted by Gasteiger charge is -2.09. The average Bonchev–Trinajstić information content (AvgIpc) is 2.81. The van der Waals surface area contributed by atoms with Gasteiger partial charge in [0.2, 0.25) is 0 Å². The number of hydrogen-bond acceptors (Lipinski definition) is 3. The topological polar surface area (TPSA) is 39.1 Å². The van der Waals surface area contributed by atoms with Crippen LogP contribution >= 0.6 is 0 Å². The van der Waals surface area contributed by atoms with Gasteiger partial charge in [-0.05, 0) is 38.1 Å². The first-order valence-corrected chi connectivity index (χ1v) is 6.17. The monoisotopic (exact) mass is 245 g/mol. The van der Waals surface area contributed by atoms with Gasteiger partial charge in [0.25, 0.3) is 0 Å². The fourth-order valence-electron chi connectivity index (χ4n) is 1.77. The molecular formula is C14H19N3O. The van der Waals surface area contributed by atoms with Crippen molar-refractivity contribution in [2.24, 2.45) is 0 Å². The number of nitrogens with one attached hydrogen (secondary N) is 1. The van der Waals surface area contributed by atoms with Crippen molar-refractivity contribution < 1.29 is 4.74 Å². The molecule has 1 N–H and O–H groups in total. The first-order valence-electron chi connectivity index (χ1n) is 6.17. The number of hydrogen-bond donors (Lipinski definition) is 1. The highest BCUT2D eigenvalue weighted by atomic mass is 16.5. The fraction of sp³-hybridized carbons (Fsp3) is 0.357. The van der Waals surface area contributed by atoms with Crippen molar-refractivity contribution in [1.29, 1.82) is 0 Å². The first-order chi connectivity index (χ1) is 8.72. The van der Waals surface area contributed by atoms with Crippen molar-refractivity contribution in [2.45, 2.75) is 26.9 Å². The van der Waals surface area contributed by atoms with Crippen molar-refractivity contribution in [2.75, 3.05) is 7.05 Å². The van der Waals surface area contributed by atoms with E-state index in [0.29, 0.717) is 0 Å². The Morgan fingerprint density at radius 2 is 2.22 bits per heavy atom. The van der Waals surface area contributed by atoms with Gasteiger partial charge in [-0.25, -0.2) is 0 Å². The molecule has 0 aliphatic rings. The highest BCUT2D eigenvalue weighted by Gasteiger charge is 2.05. The van der Waals surface area contributed by atoms with E-state index in [4.69, 9.17) is 4.74 Å². The van der Waals surface area contributed by atoms with Crippen LogP contribution in [0.4, 0.5) is 0 Å². The number of nitrogens with zero attached hydrogens (tertiary/aromatic N) is 2. The number of benzene rings is 1. The molecule has 0 aliphatic carbocycles. The van der Waals surface area contributed by atoms with Crippen LogP contribution in [0, 0.1) is 6.92 Å². The second-order valence-electron chi connectivity index (χ2n) is 4.26. The molecule has 2 aromatic rings. The molecule has 4 nitrogen and oxygen atoms in total. The predicted octanol–water partition coefficient (Wildman–Crippen LogP) is 2.72. The lowest BCUT2D eigenvalue weighted by atomic mass is 10.1. The quantitative estimate of drug-likeness (QED) is 0.880. The van der Waals surface area contributed by atoms with Gasteiger partial charge in [-0.3, -0.25) is 4.68 Å². The molecule has 1 aromatic carbocycles. The normalized spacial score (nSPS) is 10.6. The minimum absolute atomic E-state index is 0.779. The molecule has 0 atom stereocenters. The summed E-state index contributed by atoms with van der Waals surface area (Å²) < 4.78 is 7.72. The Morgan fingerprint density at radius 3 is 2.89 bits per heavy atom. The molecule has 0 radical (unpaired) electrons. The van der Waals surface area contributed by atoms with Crippen molar-refractivity contribution >= 4 is 0 Å². The summed E-state index contributed by atoms with van der Waals surface area (Å²) in [6.45, 7) is 5.78. The maximum Gasteiger partial charge on any atom is 0.165 e. The second-order valence-corrected chi connectivity index (χ2v) is 4.26. The summed E-state index contributed by atoms with van der Waals surface area (Å²) in [5, 5.41) is 7.33. The summed E-state index contributed by atoms with van der Waals surface area (Å²) in [6.07, 6.45) is 3.65. The van der Waals surface area contributed by atoms with Crippen molar-refractivity contribution in [1.82, 2.24) is 15.1 Å².